The predicted molar refractivity (Wildman–Crippen MR) is 378 cm³/mol. The lowest BCUT2D eigenvalue weighted by atomic mass is 10.2. The van der Waals surface area contributed by atoms with Gasteiger partial charge in [0.1, 0.15) is 98.2 Å². The molecule has 0 unspecified atom stereocenters. The number of hydrogen-bond acceptors (Lipinski definition) is 20. The van der Waals surface area contributed by atoms with Crippen molar-refractivity contribution >= 4 is 144 Å². The number of aryl methyl sites for hydroxylation is 4. The van der Waals surface area contributed by atoms with Crippen LogP contribution in [0.1, 0.15) is 0 Å². The normalized spacial score (nSPS) is 10.9. The number of hydrogen-bond donors (Lipinski definition) is 4. The van der Waals surface area contributed by atoms with Crippen molar-refractivity contribution in [3.8, 4) is 23.3 Å². The van der Waals surface area contributed by atoms with Crippen molar-refractivity contribution in [3.63, 3.8) is 0 Å². The van der Waals surface area contributed by atoms with Crippen LogP contribution in [0.2, 0.25) is 20.1 Å². The standard InChI is InChI=1S/4C17H14ClN6.HI.H3O4P/c4*1-23-6-7-24(11-23)16-5-3-13(9-19-16)22-17-14-4-2-12(18)8-15(14)20-10-21-17;;1-5(2,3)4/h4*2-11H,1H3,(H,20,21,22);1H;(H3,1,2,3,4)/q4*+1;;/p-4. The minimum atomic E-state index is -5.39. The third-order valence-corrected chi connectivity index (χ3v) is 15.5. The fourth-order valence-corrected chi connectivity index (χ4v) is 10.5. The van der Waals surface area contributed by atoms with Gasteiger partial charge in [-0.15, -0.1) is 0 Å². The van der Waals surface area contributed by atoms with E-state index in [1.807, 2.05) is 261 Å². The molecule has 12 aromatic heterocycles. The van der Waals surface area contributed by atoms with E-state index in [4.69, 9.17) is 65.6 Å². The van der Waals surface area contributed by atoms with Gasteiger partial charge in [0.05, 0.1) is 97.8 Å². The molecule has 12 heterocycles. The van der Waals surface area contributed by atoms with Gasteiger partial charge < -0.3 is 64.5 Å². The Bertz CT molecular complexity index is 4920. The van der Waals surface area contributed by atoms with Crippen LogP contribution < -0.4 is 78.2 Å². The maximum absolute atomic E-state index is 8.55. The maximum Gasteiger partial charge on any atom is 0.250 e. The number of fused-ring (bicyclic) bond motifs is 4. The third kappa shape index (κ3) is 19.2. The minimum Gasteiger partial charge on any atom is -1.00 e. The van der Waals surface area contributed by atoms with Gasteiger partial charge in [-0.25, -0.2) is 78.1 Å². The van der Waals surface area contributed by atoms with Crippen molar-refractivity contribution in [1.29, 1.82) is 0 Å². The van der Waals surface area contributed by atoms with E-state index in [1.165, 1.54) is 25.3 Å². The molecule has 0 spiro atoms. The van der Waals surface area contributed by atoms with E-state index < -0.39 is 7.82 Å². The lowest BCUT2D eigenvalue weighted by Gasteiger charge is -2.36. The molecule has 0 amide bonds. The summed E-state index contributed by atoms with van der Waals surface area (Å²) >= 11 is 24.1. The van der Waals surface area contributed by atoms with Crippen LogP contribution in [0.4, 0.5) is 46.0 Å². The number of rotatable bonds is 12. The molecule has 0 aliphatic heterocycles. The first kappa shape index (κ1) is 72.1. The Morgan fingerprint density at radius 2 is 0.549 bits per heavy atom. The molecule has 16 rings (SSSR count). The monoisotopic (exact) mass is 1570 g/mol. The quantitative estimate of drug-likeness (QED) is 0.0590. The number of aromatic nitrogens is 20. The molecular weight excluding hydrogens is 1520 g/mol. The van der Waals surface area contributed by atoms with E-state index >= 15 is 0 Å². The molecule has 0 atom stereocenters. The molecule has 0 saturated carbocycles. The van der Waals surface area contributed by atoms with Gasteiger partial charge in [-0.2, -0.15) is 26.1 Å². The first-order valence-corrected chi connectivity index (χ1v) is 33.1. The van der Waals surface area contributed by atoms with Gasteiger partial charge in [0, 0.05) is 65.9 Å². The molecular formula is C68H56Cl4IN24O4P. The zero-order chi connectivity index (χ0) is 70.6. The Morgan fingerprint density at radius 3 is 0.725 bits per heavy atom. The first-order valence-electron chi connectivity index (χ1n) is 30.2. The number of imidazole rings is 4. The van der Waals surface area contributed by atoms with Gasteiger partial charge in [-0.05, 0) is 97.1 Å². The van der Waals surface area contributed by atoms with E-state index in [2.05, 4.69) is 81.1 Å². The van der Waals surface area contributed by atoms with Crippen molar-refractivity contribution in [2.24, 2.45) is 28.2 Å². The van der Waals surface area contributed by atoms with Crippen LogP contribution in [0, 0.1) is 0 Å². The predicted octanol–water partition coefficient (Wildman–Crippen LogP) is 6.33. The molecule has 0 saturated heterocycles. The molecule has 16 aromatic rings. The summed E-state index contributed by atoms with van der Waals surface area (Å²) < 4.78 is 24.2. The van der Waals surface area contributed by atoms with Crippen molar-refractivity contribution < 1.29 is 61.5 Å². The Labute approximate surface area is 618 Å². The zero-order valence-electron chi connectivity index (χ0n) is 54.0. The van der Waals surface area contributed by atoms with Crippen LogP contribution in [-0.4, -0.2) is 78.1 Å². The highest BCUT2D eigenvalue weighted by atomic mass is 127. The van der Waals surface area contributed by atoms with Crippen molar-refractivity contribution in [2.45, 2.75) is 0 Å². The number of benzene rings is 4. The highest BCUT2D eigenvalue weighted by Crippen LogP contribution is 2.30. The van der Waals surface area contributed by atoms with E-state index in [9.17, 15) is 0 Å². The lowest BCUT2D eigenvalue weighted by molar-refractivity contribution is -0.670. The Hall–Kier alpha value is -11.1. The molecule has 0 fully saturated rings. The van der Waals surface area contributed by atoms with Gasteiger partial charge in [-0.3, -0.25) is 0 Å². The summed E-state index contributed by atoms with van der Waals surface area (Å²) in [4.78, 5) is 77.8. The fourth-order valence-electron chi connectivity index (χ4n) is 9.86. The highest BCUT2D eigenvalue weighted by molar-refractivity contribution is 7.40. The molecule has 4 N–H and O–H groups in total. The Morgan fingerprint density at radius 1 is 0.333 bits per heavy atom. The van der Waals surface area contributed by atoms with E-state index in [0.29, 0.717) is 20.1 Å². The third-order valence-electron chi connectivity index (χ3n) is 14.6. The number of pyridine rings is 4. The highest BCUT2D eigenvalue weighted by Gasteiger charge is 2.14. The van der Waals surface area contributed by atoms with Gasteiger partial charge >= 0.3 is 0 Å². The Balaban J connectivity index is 0.000000133. The first-order chi connectivity index (χ1) is 48.7. The second-order valence-corrected chi connectivity index (χ2v) is 24.7. The van der Waals surface area contributed by atoms with E-state index in [0.717, 1.165) is 113 Å². The van der Waals surface area contributed by atoms with Crippen molar-refractivity contribution in [2.75, 3.05) is 21.3 Å². The van der Waals surface area contributed by atoms with Crippen LogP contribution >= 0.6 is 54.2 Å². The summed E-state index contributed by atoms with van der Waals surface area (Å²) in [7, 11) is 2.50. The maximum atomic E-state index is 8.55. The number of nitrogens with zero attached hydrogens (tertiary/aromatic N) is 20. The fraction of sp³-hybridized carbons (Fsp3) is 0.0588. The average Bonchev–Trinajstić information content (AvgIpc) is 1.26. The largest absolute Gasteiger partial charge is 1.00 e. The summed E-state index contributed by atoms with van der Waals surface area (Å²) in [6, 6.07) is 37.8. The van der Waals surface area contributed by atoms with Crippen LogP contribution in [0.15, 0.2) is 246 Å². The van der Waals surface area contributed by atoms with Crippen LogP contribution in [0.25, 0.3) is 66.9 Å². The SMILES string of the molecule is C[n+]1ccn(-c2ccc(Nc3ncnc4cc(Cl)ccc34)cn2)c1.C[n+]1ccn(-c2ccc(Nc3ncnc4cc(Cl)ccc34)cn2)c1.C[n+]1ccn(-c2ccc(Nc3ncnc4cc(Cl)ccc34)cn2)c1.C[n+]1ccn(-c2ccc(Nc3ncnc4cc(Cl)ccc34)cn2)c1.O=P([O-])([O-])[O-].[I-]. The van der Waals surface area contributed by atoms with Crippen LogP contribution in [-0.2, 0) is 32.8 Å². The van der Waals surface area contributed by atoms with Gasteiger partial charge in [0.2, 0.25) is 48.6 Å². The summed E-state index contributed by atoms with van der Waals surface area (Å²) in [5.74, 6) is 6.27. The summed E-state index contributed by atoms with van der Waals surface area (Å²) in [5, 5.41) is 19.3. The molecule has 34 heteroatoms. The van der Waals surface area contributed by atoms with Crippen LogP contribution in [0.3, 0.4) is 0 Å². The van der Waals surface area contributed by atoms with Gasteiger partial charge in [-0.1, -0.05) is 46.4 Å². The molecule has 28 nitrogen and oxygen atoms in total. The number of anilines is 8. The summed E-state index contributed by atoms with van der Waals surface area (Å²) in [6.07, 6.45) is 36.7. The molecule has 512 valence electrons. The number of halogens is 5. The molecule has 0 bridgehead atoms. The van der Waals surface area contributed by atoms with Crippen LogP contribution in [0.5, 0.6) is 0 Å². The Kier molecular flexibility index (Phi) is 23.3. The average molecular weight is 1570 g/mol. The zero-order valence-corrected chi connectivity index (χ0v) is 60.1. The molecule has 0 radical (unpaired) electrons. The molecule has 102 heavy (non-hydrogen) atoms. The molecule has 0 aliphatic carbocycles. The van der Waals surface area contributed by atoms with Crippen molar-refractivity contribution in [3.05, 3.63) is 266 Å². The smallest absolute Gasteiger partial charge is 0.250 e. The second kappa shape index (κ2) is 32.9. The van der Waals surface area contributed by atoms with E-state index in [1.54, 1.807) is 24.8 Å². The summed E-state index contributed by atoms with van der Waals surface area (Å²) in [6.45, 7) is 0. The summed E-state index contributed by atoms with van der Waals surface area (Å²) in [5.41, 5.74) is 6.59. The molecule has 0 aliphatic rings. The van der Waals surface area contributed by atoms with Crippen molar-refractivity contribution in [1.82, 2.24) is 78.1 Å². The van der Waals surface area contributed by atoms with E-state index in [-0.39, 0.29) is 24.0 Å². The second-order valence-electron chi connectivity index (χ2n) is 22.0. The van der Waals surface area contributed by atoms with Gasteiger partial charge in [0.15, 0.2) is 0 Å². The lowest BCUT2D eigenvalue weighted by Crippen LogP contribution is -3.00. The topological polar surface area (TPSA) is 324 Å². The number of phosphoric acid groups is 1. The molecule has 4 aromatic carbocycles. The number of nitrogens with one attached hydrogen (secondary N) is 4. The minimum absolute atomic E-state index is 0. The van der Waals surface area contributed by atoms with Gasteiger partial charge in [0.25, 0.3) is 0 Å².